The Bertz CT molecular complexity index is 488. The van der Waals surface area contributed by atoms with Crippen LogP contribution in [0.4, 0.5) is 5.82 Å². The zero-order chi connectivity index (χ0) is 15.6. The Morgan fingerprint density at radius 1 is 1.19 bits per heavy atom. The lowest BCUT2D eigenvalue weighted by atomic mass is 9.95. The van der Waals surface area contributed by atoms with Crippen molar-refractivity contribution in [2.75, 3.05) is 32.5 Å². The molecule has 0 unspecified atom stereocenters. The van der Waals surface area contributed by atoms with Gasteiger partial charge >= 0.3 is 0 Å². The number of piperidine rings is 1. The van der Waals surface area contributed by atoms with Crippen molar-refractivity contribution in [3.05, 3.63) is 11.4 Å². The molecule has 5 heteroatoms. The molecule has 1 aromatic heterocycles. The van der Waals surface area contributed by atoms with Gasteiger partial charge in [-0.3, -0.25) is 0 Å². The number of hydrogen-bond donors (Lipinski definition) is 1. The van der Waals surface area contributed by atoms with Crippen LogP contribution in [0.2, 0.25) is 0 Å². The van der Waals surface area contributed by atoms with Crippen molar-refractivity contribution in [1.29, 1.82) is 0 Å². The maximum atomic E-state index is 6.19. The van der Waals surface area contributed by atoms with E-state index in [0.717, 1.165) is 49.0 Å². The summed E-state index contributed by atoms with van der Waals surface area (Å²) in [6.45, 7) is 10.5. The zero-order valence-electron chi connectivity index (χ0n) is 14.2. The molecule has 0 saturated carbocycles. The molecule has 118 valence electrons. The normalized spacial score (nSPS) is 17.8. The van der Waals surface area contributed by atoms with Crippen LogP contribution in [0.3, 0.4) is 0 Å². The van der Waals surface area contributed by atoms with Crippen LogP contribution in [0.25, 0.3) is 0 Å². The predicted molar refractivity (Wildman–Crippen MR) is 86.2 cm³/mol. The van der Waals surface area contributed by atoms with E-state index in [0.29, 0.717) is 0 Å². The molecule has 5 nitrogen and oxygen atoms in total. The summed E-state index contributed by atoms with van der Waals surface area (Å²) in [6.07, 6.45) is 2.37. The summed E-state index contributed by atoms with van der Waals surface area (Å²) in [5.41, 5.74) is 0.897. The van der Waals surface area contributed by atoms with Gasteiger partial charge in [0.25, 0.3) is 0 Å². The quantitative estimate of drug-likeness (QED) is 0.928. The van der Waals surface area contributed by atoms with Gasteiger partial charge in [0.2, 0.25) is 5.88 Å². The van der Waals surface area contributed by atoms with Gasteiger partial charge in [-0.15, -0.1) is 0 Å². The lowest BCUT2D eigenvalue weighted by Gasteiger charge is -2.30. The molecule has 0 radical (unpaired) electrons. The van der Waals surface area contributed by atoms with Crippen LogP contribution in [0.15, 0.2) is 0 Å². The summed E-state index contributed by atoms with van der Waals surface area (Å²) < 4.78 is 6.19. The largest absolute Gasteiger partial charge is 0.474 e. The van der Waals surface area contributed by atoms with E-state index in [4.69, 9.17) is 4.74 Å². The van der Waals surface area contributed by atoms with Gasteiger partial charge < -0.3 is 15.0 Å². The maximum absolute atomic E-state index is 6.19. The van der Waals surface area contributed by atoms with Crippen molar-refractivity contribution >= 4 is 5.82 Å². The Kier molecular flexibility index (Phi) is 4.71. The molecule has 0 spiro atoms. The lowest BCUT2D eigenvalue weighted by Crippen LogP contribution is -2.36. The van der Waals surface area contributed by atoms with E-state index >= 15 is 0 Å². The average molecular weight is 292 g/mol. The van der Waals surface area contributed by atoms with E-state index in [1.165, 1.54) is 0 Å². The second-order valence-corrected chi connectivity index (χ2v) is 6.95. The molecule has 0 bridgehead atoms. The van der Waals surface area contributed by atoms with E-state index in [2.05, 4.69) is 48.0 Å². The van der Waals surface area contributed by atoms with E-state index in [9.17, 15) is 0 Å². The minimum Gasteiger partial charge on any atom is -0.474 e. The number of nitrogens with one attached hydrogen (secondary N) is 1. The summed E-state index contributed by atoms with van der Waals surface area (Å²) in [5, 5.41) is 3.15. The highest BCUT2D eigenvalue weighted by molar-refractivity contribution is 5.48. The fourth-order valence-electron chi connectivity index (χ4n) is 2.45. The molecule has 0 amide bonds. The number of nitrogens with zero attached hydrogens (tertiary/aromatic N) is 3. The summed E-state index contributed by atoms with van der Waals surface area (Å²) in [6, 6.07) is 0. The minimum atomic E-state index is -0.0931. The Hall–Kier alpha value is -1.36. The molecule has 2 heterocycles. The monoisotopic (exact) mass is 292 g/mol. The van der Waals surface area contributed by atoms with Gasteiger partial charge in [-0.2, -0.15) is 4.98 Å². The molecule has 1 fully saturated rings. The Labute approximate surface area is 128 Å². The molecule has 0 aromatic carbocycles. The predicted octanol–water partition coefficient (Wildman–Crippen LogP) is 2.60. The molecule has 1 aromatic rings. The van der Waals surface area contributed by atoms with Crippen LogP contribution in [0.5, 0.6) is 5.88 Å². The smallest absolute Gasteiger partial charge is 0.222 e. The van der Waals surface area contributed by atoms with Gasteiger partial charge in [0.15, 0.2) is 0 Å². The van der Waals surface area contributed by atoms with E-state index in [-0.39, 0.29) is 11.5 Å². The Balaban J connectivity index is 2.25. The van der Waals surface area contributed by atoms with E-state index < -0.39 is 0 Å². The number of rotatable bonds is 3. The third-order valence-electron chi connectivity index (χ3n) is 3.95. The average Bonchev–Trinajstić information content (AvgIpc) is 2.42. The number of aromatic nitrogens is 2. The second kappa shape index (κ2) is 6.18. The molecule has 21 heavy (non-hydrogen) atoms. The summed E-state index contributed by atoms with van der Waals surface area (Å²) in [7, 11) is 4.05. The first-order chi connectivity index (χ1) is 9.81. The molecule has 1 aliphatic heterocycles. The number of hydrogen-bond acceptors (Lipinski definition) is 5. The summed E-state index contributed by atoms with van der Waals surface area (Å²) in [5.74, 6) is 2.41. The first-order valence-electron chi connectivity index (χ1n) is 7.73. The van der Waals surface area contributed by atoms with Crippen molar-refractivity contribution in [2.24, 2.45) is 0 Å². The van der Waals surface area contributed by atoms with Crippen molar-refractivity contribution in [3.63, 3.8) is 0 Å². The first kappa shape index (κ1) is 16.0. The highest BCUT2D eigenvalue weighted by atomic mass is 16.5. The molecule has 0 aliphatic carbocycles. The van der Waals surface area contributed by atoms with Gasteiger partial charge in [0, 0.05) is 25.6 Å². The van der Waals surface area contributed by atoms with E-state index in [1.807, 2.05) is 14.0 Å². The van der Waals surface area contributed by atoms with Crippen LogP contribution < -0.4 is 10.1 Å². The molecule has 1 aliphatic rings. The maximum Gasteiger partial charge on any atom is 0.222 e. The Morgan fingerprint density at radius 3 is 2.33 bits per heavy atom. The van der Waals surface area contributed by atoms with Gasteiger partial charge in [-0.1, -0.05) is 20.8 Å². The van der Waals surface area contributed by atoms with Crippen molar-refractivity contribution < 1.29 is 4.74 Å². The summed E-state index contributed by atoms with van der Waals surface area (Å²) in [4.78, 5) is 11.6. The van der Waals surface area contributed by atoms with Gasteiger partial charge in [0.05, 0.1) is 5.56 Å². The SMILES string of the molecule is CNc1nc(C(C)(C)C)nc(OC2CCN(C)CC2)c1C. The summed E-state index contributed by atoms with van der Waals surface area (Å²) >= 11 is 0. The van der Waals surface area contributed by atoms with Gasteiger partial charge in [-0.25, -0.2) is 4.98 Å². The van der Waals surface area contributed by atoms with Crippen molar-refractivity contribution in [1.82, 2.24) is 14.9 Å². The van der Waals surface area contributed by atoms with Crippen LogP contribution in [-0.2, 0) is 5.41 Å². The van der Waals surface area contributed by atoms with Crippen LogP contribution in [0, 0.1) is 6.92 Å². The topological polar surface area (TPSA) is 50.3 Å². The Morgan fingerprint density at radius 2 is 1.81 bits per heavy atom. The third-order valence-corrected chi connectivity index (χ3v) is 3.95. The van der Waals surface area contributed by atoms with Crippen molar-refractivity contribution in [2.45, 2.75) is 52.1 Å². The minimum absolute atomic E-state index is 0.0931. The molecular weight excluding hydrogens is 264 g/mol. The highest BCUT2D eigenvalue weighted by Crippen LogP contribution is 2.29. The van der Waals surface area contributed by atoms with Crippen LogP contribution >= 0.6 is 0 Å². The van der Waals surface area contributed by atoms with Gasteiger partial charge in [-0.05, 0) is 26.8 Å². The van der Waals surface area contributed by atoms with Crippen LogP contribution in [0.1, 0.15) is 45.0 Å². The fraction of sp³-hybridized carbons (Fsp3) is 0.750. The lowest BCUT2D eigenvalue weighted by molar-refractivity contribution is 0.108. The fourth-order valence-corrected chi connectivity index (χ4v) is 2.45. The third kappa shape index (κ3) is 3.84. The molecule has 1 saturated heterocycles. The highest BCUT2D eigenvalue weighted by Gasteiger charge is 2.24. The number of ether oxygens (including phenoxy) is 1. The molecular formula is C16H28N4O. The molecule has 2 rings (SSSR count). The molecule has 1 N–H and O–H groups in total. The van der Waals surface area contributed by atoms with Gasteiger partial charge in [0.1, 0.15) is 17.7 Å². The van der Waals surface area contributed by atoms with Crippen LogP contribution in [-0.4, -0.2) is 48.2 Å². The second-order valence-electron chi connectivity index (χ2n) is 6.95. The molecule has 0 atom stereocenters. The zero-order valence-corrected chi connectivity index (χ0v) is 14.2. The van der Waals surface area contributed by atoms with Crippen molar-refractivity contribution in [3.8, 4) is 5.88 Å². The number of anilines is 1. The first-order valence-corrected chi connectivity index (χ1v) is 7.73. The van der Waals surface area contributed by atoms with E-state index in [1.54, 1.807) is 0 Å². The standard InChI is InChI=1S/C16H28N4O/c1-11-13(17-5)18-15(16(2,3)4)19-14(11)21-12-7-9-20(6)10-8-12/h12H,7-10H2,1-6H3,(H,17,18,19). The number of likely N-dealkylation sites (tertiary alicyclic amines) is 1.